The van der Waals surface area contributed by atoms with E-state index in [1.165, 1.54) is 0 Å². The summed E-state index contributed by atoms with van der Waals surface area (Å²) >= 11 is 6.30. The molecular weight excluding hydrogens is 436 g/mol. The molecule has 0 aliphatic carbocycles. The van der Waals surface area contributed by atoms with Gasteiger partial charge in [0.2, 0.25) is 11.9 Å². The standard InChI is InChI=1S/C25H27ClN6O/c1-15(2)24(33)31-12-11-30(14-17(31)4)25-27-21-13-18(26)9-10-20(21)23-29-28-22(32(23)25)19-8-6-5-7-16(19)3/h5-10,13,15,17H,11-12,14H2,1-4H3/t17-/m1/s1. The average Bonchev–Trinajstić information content (AvgIpc) is 3.23. The van der Waals surface area contributed by atoms with Crippen molar-refractivity contribution in [2.24, 2.45) is 5.92 Å². The van der Waals surface area contributed by atoms with Crippen LogP contribution < -0.4 is 4.90 Å². The van der Waals surface area contributed by atoms with Gasteiger partial charge in [-0.15, -0.1) is 10.2 Å². The fraction of sp³-hybridized carbons (Fsp3) is 0.360. The van der Waals surface area contributed by atoms with Gasteiger partial charge in [0.25, 0.3) is 0 Å². The Balaban J connectivity index is 1.68. The number of aromatic nitrogens is 4. The van der Waals surface area contributed by atoms with Gasteiger partial charge in [0.1, 0.15) is 0 Å². The van der Waals surface area contributed by atoms with Gasteiger partial charge in [-0.25, -0.2) is 9.38 Å². The van der Waals surface area contributed by atoms with Gasteiger partial charge in [-0.1, -0.05) is 49.7 Å². The van der Waals surface area contributed by atoms with Crippen molar-refractivity contribution < 1.29 is 4.79 Å². The molecule has 0 spiro atoms. The molecule has 1 saturated heterocycles. The molecule has 0 bridgehead atoms. The minimum Gasteiger partial charge on any atom is -0.338 e. The van der Waals surface area contributed by atoms with Gasteiger partial charge >= 0.3 is 0 Å². The lowest BCUT2D eigenvalue weighted by atomic mass is 10.1. The van der Waals surface area contributed by atoms with Crippen LogP contribution in [0.2, 0.25) is 5.02 Å². The maximum Gasteiger partial charge on any atom is 0.225 e. The molecule has 170 valence electrons. The molecule has 1 amide bonds. The zero-order valence-electron chi connectivity index (χ0n) is 19.3. The van der Waals surface area contributed by atoms with Gasteiger partial charge in [-0.2, -0.15) is 0 Å². The number of halogens is 1. The molecule has 1 fully saturated rings. The maximum atomic E-state index is 12.7. The molecule has 1 aliphatic rings. The van der Waals surface area contributed by atoms with Crippen LogP contribution >= 0.6 is 11.6 Å². The second-order valence-electron chi connectivity index (χ2n) is 9.05. The molecule has 5 rings (SSSR count). The third-order valence-electron chi connectivity index (χ3n) is 6.36. The Morgan fingerprint density at radius 3 is 2.64 bits per heavy atom. The molecule has 3 heterocycles. The first-order valence-corrected chi connectivity index (χ1v) is 11.7. The van der Waals surface area contributed by atoms with Crippen LogP contribution in [-0.4, -0.2) is 56.1 Å². The highest BCUT2D eigenvalue weighted by Gasteiger charge is 2.31. The highest BCUT2D eigenvalue weighted by atomic mass is 35.5. The number of nitrogens with zero attached hydrogens (tertiary/aromatic N) is 6. The predicted octanol–water partition coefficient (Wildman–Crippen LogP) is 4.60. The summed E-state index contributed by atoms with van der Waals surface area (Å²) in [6.45, 7) is 10.1. The number of aryl methyl sites for hydroxylation is 1. The van der Waals surface area contributed by atoms with Gasteiger partial charge < -0.3 is 9.80 Å². The molecule has 2 aromatic heterocycles. The first-order chi connectivity index (χ1) is 15.8. The van der Waals surface area contributed by atoms with Crippen LogP contribution in [0.15, 0.2) is 42.5 Å². The number of carbonyl (C=O) groups is 1. The largest absolute Gasteiger partial charge is 0.338 e. The van der Waals surface area contributed by atoms with E-state index in [1.807, 2.05) is 53.5 Å². The van der Waals surface area contributed by atoms with Gasteiger partial charge in [0.05, 0.1) is 5.52 Å². The minimum atomic E-state index is -0.0165. The Kier molecular flexibility index (Phi) is 5.44. The lowest BCUT2D eigenvalue weighted by Crippen LogP contribution is -2.55. The number of hydrogen-bond acceptors (Lipinski definition) is 5. The maximum absolute atomic E-state index is 12.7. The molecule has 2 aromatic carbocycles. The number of rotatable bonds is 3. The Morgan fingerprint density at radius 2 is 1.91 bits per heavy atom. The highest BCUT2D eigenvalue weighted by molar-refractivity contribution is 6.31. The summed E-state index contributed by atoms with van der Waals surface area (Å²) in [7, 11) is 0. The van der Waals surface area contributed by atoms with E-state index >= 15 is 0 Å². The zero-order valence-corrected chi connectivity index (χ0v) is 20.0. The second kappa shape index (κ2) is 8.30. The van der Waals surface area contributed by atoms with Crippen molar-refractivity contribution in [2.75, 3.05) is 24.5 Å². The summed E-state index contributed by atoms with van der Waals surface area (Å²) < 4.78 is 2.05. The van der Waals surface area contributed by atoms with Gasteiger partial charge in [-0.05, 0) is 37.6 Å². The summed E-state index contributed by atoms with van der Waals surface area (Å²) in [5.41, 5.74) is 3.66. The number of fused-ring (bicyclic) bond motifs is 3. The van der Waals surface area contributed by atoms with E-state index in [1.54, 1.807) is 0 Å². The zero-order chi connectivity index (χ0) is 23.3. The van der Waals surface area contributed by atoms with E-state index in [9.17, 15) is 4.79 Å². The summed E-state index contributed by atoms with van der Waals surface area (Å²) in [5, 5.41) is 10.7. The van der Waals surface area contributed by atoms with Gasteiger partial charge in [0, 0.05) is 47.6 Å². The molecule has 0 N–H and O–H groups in total. The van der Waals surface area contributed by atoms with Crippen molar-refractivity contribution in [3.63, 3.8) is 0 Å². The van der Waals surface area contributed by atoms with E-state index in [0.717, 1.165) is 39.4 Å². The van der Waals surface area contributed by atoms with Crippen molar-refractivity contribution in [3.8, 4) is 11.4 Å². The van der Waals surface area contributed by atoms with Crippen molar-refractivity contribution >= 4 is 40.0 Å². The fourth-order valence-electron chi connectivity index (χ4n) is 4.60. The minimum absolute atomic E-state index is 0.0165. The van der Waals surface area contributed by atoms with Crippen molar-refractivity contribution in [1.29, 1.82) is 0 Å². The van der Waals surface area contributed by atoms with Gasteiger partial charge in [-0.3, -0.25) is 4.79 Å². The quantitative estimate of drug-likeness (QED) is 0.445. The lowest BCUT2D eigenvalue weighted by Gasteiger charge is -2.41. The Hall–Kier alpha value is -3.19. The lowest BCUT2D eigenvalue weighted by molar-refractivity contribution is -0.136. The molecule has 4 aromatic rings. The number of anilines is 1. The van der Waals surface area contributed by atoms with E-state index in [4.69, 9.17) is 16.6 Å². The van der Waals surface area contributed by atoms with E-state index in [-0.39, 0.29) is 17.9 Å². The Bertz CT molecular complexity index is 1360. The number of carbonyl (C=O) groups excluding carboxylic acids is 1. The fourth-order valence-corrected chi connectivity index (χ4v) is 4.77. The summed E-state index contributed by atoms with van der Waals surface area (Å²) in [6.07, 6.45) is 0. The molecule has 1 atom stereocenters. The van der Waals surface area contributed by atoms with Gasteiger partial charge in [0.15, 0.2) is 11.5 Å². The first kappa shape index (κ1) is 21.6. The molecule has 0 saturated carbocycles. The molecule has 8 heteroatoms. The van der Waals surface area contributed by atoms with Crippen LogP contribution in [0, 0.1) is 12.8 Å². The van der Waals surface area contributed by atoms with Crippen LogP contribution in [0.4, 0.5) is 5.95 Å². The van der Waals surface area contributed by atoms with Crippen LogP contribution in [0.5, 0.6) is 0 Å². The molecule has 0 unspecified atom stereocenters. The number of hydrogen-bond donors (Lipinski definition) is 0. The summed E-state index contributed by atoms with van der Waals surface area (Å²) in [4.78, 5) is 21.9. The molecule has 0 radical (unpaired) electrons. The van der Waals surface area contributed by atoms with Crippen LogP contribution in [0.3, 0.4) is 0 Å². The SMILES string of the molecule is Cc1ccccc1-c1nnc2c3ccc(Cl)cc3nc(N3CCN(C(=O)C(C)C)[C@H](C)C3)n12. The number of piperazine rings is 1. The average molecular weight is 463 g/mol. The third kappa shape index (κ3) is 3.70. The molecular formula is C25H27ClN6O. The van der Waals surface area contributed by atoms with E-state index in [2.05, 4.69) is 41.1 Å². The van der Waals surface area contributed by atoms with E-state index < -0.39 is 0 Å². The summed E-state index contributed by atoms with van der Waals surface area (Å²) in [5.74, 6) is 1.70. The first-order valence-electron chi connectivity index (χ1n) is 11.3. The highest BCUT2D eigenvalue weighted by Crippen LogP contribution is 2.31. The summed E-state index contributed by atoms with van der Waals surface area (Å²) in [6, 6.07) is 13.9. The molecule has 7 nitrogen and oxygen atoms in total. The monoisotopic (exact) mass is 462 g/mol. The Morgan fingerprint density at radius 1 is 1.12 bits per heavy atom. The predicted molar refractivity (Wildman–Crippen MR) is 132 cm³/mol. The Labute approximate surface area is 198 Å². The normalized spacial score (nSPS) is 16.8. The van der Waals surface area contributed by atoms with Crippen LogP contribution in [0.25, 0.3) is 27.9 Å². The van der Waals surface area contributed by atoms with Crippen molar-refractivity contribution in [1.82, 2.24) is 24.5 Å². The molecule has 1 aliphatic heterocycles. The van der Waals surface area contributed by atoms with E-state index in [0.29, 0.717) is 24.7 Å². The topological polar surface area (TPSA) is 66.6 Å². The second-order valence-corrected chi connectivity index (χ2v) is 9.49. The van der Waals surface area contributed by atoms with Crippen molar-refractivity contribution in [3.05, 3.63) is 53.1 Å². The number of amides is 1. The van der Waals surface area contributed by atoms with Crippen LogP contribution in [0.1, 0.15) is 26.3 Å². The third-order valence-corrected chi connectivity index (χ3v) is 6.59. The van der Waals surface area contributed by atoms with Crippen molar-refractivity contribution in [2.45, 2.75) is 33.7 Å². The molecule has 33 heavy (non-hydrogen) atoms. The number of benzene rings is 2. The smallest absolute Gasteiger partial charge is 0.225 e. The van der Waals surface area contributed by atoms with Crippen LogP contribution in [-0.2, 0) is 4.79 Å².